The molecule has 1 aliphatic heterocycles. The molecule has 0 unspecified atom stereocenters. The second-order valence-corrected chi connectivity index (χ2v) is 6.77. The summed E-state index contributed by atoms with van der Waals surface area (Å²) < 4.78 is 14.5. The summed E-state index contributed by atoms with van der Waals surface area (Å²) in [5.41, 5.74) is 1.07. The van der Waals surface area contributed by atoms with E-state index in [-0.39, 0.29) is 17.3 Å². The number of anilines is 1. The minimum absolute atomic E-state index is 0.169. The minimum atomic E-state index is -0.262. The Hall–Kier alpha value is -3.22. The van der Waals surface area contributed by atoms with Gasteiger partial charge in [0, 0.05) is 43.8 Å². The number of aromatic nitrogens is 2. The van der Waals surface area contributed by atoms with Gasteiger partial charge in [0.25, 0.3) is 11.5 Å². The summed E-state index contributed by atoms with van der Waals surface area (Å²) in [5, 5.41) is 5.43. The van der Waals surface area contributed by atoms with Crippen molar-refractivity contribution in [3.05, 3.63) is 70.4 Å². The summed E-state index contributed by atoms with van der Waals surface area (Å²) in [4.78, 5) is 29.5. The number of carbonyl (C=O) groups excluding carboxylic acids is 1. The van der Waals surface area contributed by atoms with Crippen LogP contribution in [0.5, 0.6) is 0 Å². The lowest BCUT2D eigenvalue weighted by Gasteiger charge is -2.36. The number of amides is 1. The van der Waals surface area contributed by atoms with Gasteiger partial charge in [-0.2, -0.15) is 5.10 Å². The molecule has 28 heavy (non-hydrogen) atoms. The van der Waals surface area contributed by atoms with Crippen molar-refractivity contribution in [2.24, 2.45) is 0 Å². The number of hydrogen-bond donors (Lipinski definition) is 0. The predicted molar refractivity (Wildman–Crippen MR) is 106 cm³/mol. The molecule has 1 fully saturated rings. The van der Waals surface area contributed by atoms with Crippen LogP contribution in [-0.2, 0) is 6.54 Å². The Morgan fingerprint density at radius 2 is 1.64 bits per heavy atom. The van der Waals surface area contributed by atoms with E-state index in [0.29, 0.717) is 49.2 Å². The number of carbonyl (C=O) groups is 1. The number of halogens is 1. The zero-order valence-electron chi connectivity index (χ0n) is 15.6. The van der Waals surface area contributed by atoms with E-state index in [1.54, 1.807) is 35.2 Å². The molecule has 2 heterocycles. The molecule has 3 aromatic rings. The van der Waals surface area contributed by atoms with Crippen molar-refractivity contribution in [3.63, 3.8) is 0 Å². The fraction of sp³-hybridized carbons (Fsp3) is 0.286. The van der Waals surface area contributed by atoms with Gasteiger partial charge in [0.15, 0.2) is 5.69 Å². The highest BCUT2D eigenvalue weighted by molar-refractivity contribution is 6.04. The van der Waals surface area contributed by atoms with Crippen LogP contribution in [0.3, 0.4) is 0 Å². The lowest BCUT2D eigenvalue weighted by Crippen LogP contribution is -2.49. The number of nitrogens with zero attached hydrogens (tertiary/aromatic N) is 4. The molecule has 0 saturated carbocycles. The predicted octanol–water partition coefficient (Wildman–Crippen LogP) is 2.52. The molecule has 0 spiro atoms. The molecule has 2 aromatic carbocycles. The van der Waals surface area contributed by atoms with Gasteiger partial charge in [-0.3, -0.25) is 9.59 Å². The monoisotopic (exact) mass is 380 g/mol. The Morgan fingerprint density at radius 3 is 2.29 bits per heavy atom. The van der Waals surface area contributed by atoms with E-state index in [4.69, 9.17) is 0 Å². The van der Waals surface area contributed by atoms with Crippen molar-refractivity contribution < 1.29 is 9.18 Å². The smallest absolute Gasteiger partial charge is 0.275 e. The van der Waals surface area contributed by atoms with Gasteiger partial charge in [-0.25, -0.2) is 9.07 Å². The molecule has 4 rings (SSSR count). The van der Waals surface area contributed by atoms with Gasteiger partial charge in [0.05, 0.1) is 5.39 Å². The van der Waals surface area contributed by atoms with Crippen LogP contribution in [0.4, 0.5) is 10.1 Å². The van der Waals surface area contributed by atoms with Crippen LogP contribution in [0.2, 0.25) is 0 Å². The number of piperazine rings is 1. The molecular weight excluding hydrogens is 359 g/mol. The fourth-order valence-electron chi connectivity index (χ4n) is 3.58. The zero-order chi connectivity index (χ0) is 19.7. The third kappa shape index (κ3) is 3.24. The first-order valence-electron chi connectivity index (χ1n) is 9.38. The number of benzene rings is 2. The zero-order valence-corrected chi connectivity index (χ0v) is 15.6. The quantitative estimate of drug-likeness (QED) is 0.701. The summed E-state index contributed by atoms with van der Waals surface area (Å²) >= 11 is 0. The van der Waals surface area contributed by atoms with Crippen LogP contribution in [0, 0.1) is 5.82 Å². The van der Waals surface area contributed by atoms with Crippen molar-refractivity contribution in [2.75, 3.05) is 31.1 Å². The fourth-order valence-corrected chi connectivity index (χ4v) is 3.58. The number of fused-ring (bicyclic) bond motifs is 1. The molecule has 0 bridgehead atoms. The van der Waals surface area contributed by atoms with Gasteiger partial charge >= 0.3 is 0 Å². The SMILES string of the molecule is CCn1nc(C(=O)N2CCN(c3ccc(F)cc3)CC2)c2ccccc2c1=O. The number of aryl methyl sites for hydroxylation is 1. The molecule has 0 atom stereocenters. The van der Waals surface area contributed by atoms with E-state index < -0.39 is 0 Å². The molecule has 1 amide bonds. The number of rotatable bonds is 3. The molecule has 0 N–H and O–H groups in total. The first-order chi connectivity index (χ1) is 13.6. The minimum Gasteiger partial charge on any atom is -0.368 e. The Labute approximate surface area is 161 Å². The Morgan fingerprint density at radius 1 is 1.00 bits per heavy atom. The van der Waals surface area contributed by atoms with Gasteiger partial charge in [-0.15, -0.1) is 0 Å². The van der Waals surface area contributed by atoms with E-state index in [2.05, 4.69) is 10.00 Å². The highest BCUT2D eigenvalue weighted by atomic mass is 19.1. The average molecular weight is 380 g/mol. The van der Waals surface area contributed by atoms with Crippen molar-refractivity contribution in [1.82, 2.24) is 14.7 Å². The van der Waals surface area contributed by atoms with E-state index in [1.165, 1.54) is 16.8 Å². The third-order valence-corrected chi connectivity index (χ3v) is 5.13. The van der Waals surface area contributed by atoms with Crippen molar-refractivity contribution in [1.29, 1.82) is 0 Å². The van der Waals surface area contributed by atoms with E-state index in [1.807, 2.05) is 13.0 Å². The van der Waals surface area contributed by atoms with Crippen LogP contribution >= 0.6 is 0 Å². The molecule has 7 heteroatoms. The van der Waals surface area contributed by atoms with Crippen LogP contribution in [0.25, 0.3) is 10.8 Å². The lowest BCUT2D eigenvalue weighted by molar-refractivity contribution is 0.0740. The molecular formula is C21H21FN4O2. The van der Waals surface area contributed by atoms with Crippen LogP contribution in [-0.4, -0.2) is 46.8 Å². The Bertz CT molecular complexity index is 1070. The molecule has 1 aromatic heterocycles. The first kappa shape index (κ1) is 18.2. The van der Waals surface area contributed by atoms with E-state index in [9.17, 15) is 14.0 Å². The van der Waals surface area contributed by atoms with Gasteiger partial charge in [0.2, 0.25) is 0 Å². The standard InChI is InChI=1S/C21H21FN4O2/c1-2-26-20(27)18-6-4-3-5-17(18)19(23-26)21(28)25-13-11-24(12-14-25)16-9-7-15(22)8-10-16/h3-10H,2,11-14H2,1H3. The van der Waals surface area contributed by atoms with Crippen molar-refractivity contribution in [2.45, 2.75) is 13.5 Å². The summed E-state index contributed by atoms with van der Waals surface area (Å²) in [5.74, 6) is -0.432. The summed E-state index contributed by atoms with van der Waals surface area (Å²) in [6.45, 7) is 4.63. The second-order valence-electron chi connectivity index (χ2n) is 6.77. The van der Waals surface area contributed by atoms with Crippen LogP contribution < -0.4 is 10.5 Å². The molecule has 0 aliphatic carbocycles. The summed E-state index contributed by atoms with van der Waals surface area (Å²) in [6.07, 6.45) is 0. The largest absolute Gasteiger partial charge is 0.368 e. The molecule has 0 radical (unpaired) electrons. The summed E-state index contributed by atoms with van der Waals surface area (Å²) in [7, 11) is 0. The van der Waals surface area contributed by atoms with Gasteiger partial charge in [0.1, 0.15) is 5.82 Å². The van der Waals surface area contributed by atoms with Gasteiger partial charge in [-0.05, 0) is 37.3 Å². The highest BCUT2D eigenvalue weighted by Crippen LogP contribution is 2.19. The van der Waals surface area contributed by atoms with Crippen LogP contribution in [0.15, 0.2) is 53.3 Å². The Balaban J connectivity index is 1.58. The average Bonchev–Trinajstić information content (AvgIpc) is 2.74. The Kier molecular flexibility index (Phi) is 4.81. The maximum atomic E-state index is 13.2. The van der Waals surface area contributed by atoms with Crippen LogP contribution in [0.1, 0.15) is 17.4 Å². The maximum absolute atomic E-state index is 13.2. The van der Waals surface area contributed by atoms with Gasteiger partial charge < -0.3 is 9.80 Å². The first-order valence-corrected chi connectivity index (χ1v) is 9.38. The van der Waals surface area contributed by atoms with E-state index >= 15 is 0 Å². The normalized spacial score (nSPS) is 14.5. The third-order valence-electron chi connectivity index (χ3n) is 5.13. The maximum Gasteiger partial charge on any atom is 0.275 e. The molecule has 1 saturated heterocycles. The molecule has 6 nitrogen and oxygen atoms in total. The topological polar surface area (TPSA) is 58.4 Å². The summed E-state index contributed by atoms with van der Waals surface area (Å²) in [6, 6.07) is 13.5. The highest BCUT2D eigenvalue weighted by Gasteiger charge is 2.25. The van der Waals surface area contributed by atoms with Gasteiger partial charge in [-0.1, -0.05) is 18.2 Å². The van der Waals surface area contributed by atoms with E-state index in [0.717, 1.165) is 5.69 Å². The molecule has 144 valence electrons. The second kappa shape index (κ2) is 7.42. The van der Waals surface area contributed by atoms with Crippen molar-refractivity contribution >= 4 is 22.4 Å². The molecule has 1 aliphatic rings. The lowest BCUT2D eigenvalue weighted by atomic mass is 10.1. The number of hydrogen-bond acceptors (Lipinski definition) is 4. The van der Waals surface area contributed by atoms with Crippen molar-refractivity contribution in [3.8, 4) is 0 Å².